The van der Waals surface area contributed by atoms with E-state index >= 15 is 0 Å². The third kappa shape index (κ3) is 2.53. The summed E-state index contributed by atoms with van der Waals surface area (Å²) >= 11 is 1.69. The molecule has 1 fully saturated rings. The van der Waals surface area contributed by atoms with Crippen LogP contribution in [0, 0.1) is 12.8 Å². The molecule has 0 amide bonds. The molecule has 14 heavy (non-hydrogen) atoms. The van der Waals surface area contributed by atoms with Crippen LogP contribution >= 0.6 is 11.3 Å². The van der Waals surface area contributed by atoms with Crippen LogP contribution in [0.3, 0.4) is 0 Å². The zero-order valence-corrected chi connectivity index (χ0v) is 9.31. The molecule has 4 heteroatoms. The summed E-state index contributed by atoms with van der Waals surface area (Å²) in [6, 6.07) is 0.251. The lowest BCUT2D eigenvalue weighted by Crippen LogP contribution is -2.28. The van der Waals surface area contributed by atoms with Crippen LogP contribution < -0.4 is 11.3 Å². The summed E-state index contributed by atoms with van der Waals surface area (Å²) in [5.74, 6) is 6.50. The van der Waals surface area contributed by atoms with Crippen molar-refractivity contribution < 1.29 is 0 Å². The van der Waals surface area contributed by atoms with Crippen molar-refractivity contribution in [2.24, 2.45) is 11.8 Å². The minimum Gasteiger partial charge on any atom is -0.271 e. The van der Waals surface area contributed by atoms with Gasteiger partial charge in [0.2, 0.25) is 0 Å². The minimum absolute atomic E-state index is 0.251. The maximum absolute atomic E-state index is 5.54. The number of hydrogen-bond donors (Lipinski definition) is 2. The van der Waals surface area contributed by atoms with Gasteiger partial charge in [0.15, 0.2) is 0 Å². The maximum atomic E-state index is 5.54. The van der Waals surface area contributed by atoms with Crippen molar-refractivity contribution in [3.05, 3.63) is 16.1 Å². The Labute approximate surface area is 88.7 Å². The predicted octanol–water partition coefficient (Wildman–Crippen LogP) is 2.15. The lowest BCUT2D eigenvalue weighted by Gasteiger charge is -2.12. The lowest BCUT2D eigenvalue weighted by molar-refractivity contribution is 0.474. The van der Waals surface area contributed by atoms with E-state index in [1.807, 2.05) is 6.92 Å². The molecule has 0 spiro atoms. The van der Waals surface area contributed by atoms with Gasteiger partial charge < -0.3 is 0 Å². The van der Waals surface area contributed by atoms with Gasteiger partial charge >= 0.3 is 0 Å². The van der Waals surface area contributed by atoms with Gasteiger partial charge in [0.25, 0.3) is 0 Å². The average Bonchev–Trinajstić information content (AvgIpc) is 2.90. The van der Waals surface area contributed by atoms with Crippen molar-refractivity contribution in [2.45, 2.75) is 38.6 Å². The summed E-state index contributed by atoms with van der Waals surface area (Å²) in [5, 5.41) is 3.22. The molecular formula is C10H17N3S. The molecule has 0 bridgehead atoms. The molecule has 78 valence electrons. The fourth-order valence-corrected chi connectivity index (χ4v) is 2.33. The van der Waals surface area contributed by atoms with Crippen molar-refractivity contribution >= 4 is 11.3 Å². The van der Waals surface area contributed by atoms with Crippen LogP contribution in [-0.2, 0) is 0 Å². The Hall–Kier alpha value is -0.450. The molecule has 2 rings (SSSR count). The van der Waals surface area contributed by atoms with Crippen molar-refractivity contribution in [3.8, 4) is 0 Å². The molecule has 0 aliphatic heterocycles. The Balaban J connectivity index is 1.90. The van der Waals surface area contributed by atoms with Crippen molar-refractivity contribution in [1.82, 2.24) is 10.4 Å². The molecule has 1 atom stereocenters. The molecule has 0 radical (unpaired) electrons. The molecular weight excluding hydrogens is 194 g/mol. The van der Waals surface area contributed by atoms with Crippen molar-refractivity contribution in [1.29, 1.82) is 0 Å². The van der Waals surface area contributed by atoms with Crippen molar-refractivity contribution in [2.75, 3.05) is 0 Å². The number of nitrogens with zero attached hydrogens (tertiary/aromatic N) is 1. The van der Waals surface area contributed by atoms with E-state index < -0.39 is 0 Å². The molecule has 3 N–H and O–H groups in total. The van der Waals surface area contributed by atoms with E-state index in [1.54, 1.807) is 11.3 Å². The first-order valence-corrected chi connectivity index (χ1v) is 6.05. The van der Waals surface area contributed by atoms with Gasteiger partial charge in [-0.15, -0.1) is 11.3 Å². The van der Waals surface area contributed by atoms with E-state index in [1.165, 1.54) is 19.3 Å². The van der Waals surface area contributed by atoms with Gasteiger partial charge in [0, 0.05) is 5.38 Å². The Morgan fingerprint density at radius 1 is 1.71 bits per heavy atom. The van der Waals surface area contributed by atoms with Gasteiger partial charge in [-0.05, 0) is 25.7 Å². The van der Waals surface area contributed by atoms with E-state index in [9.17, 15) is 0 Å². The number of aryl methyl sites for hydroxylation is 1. The molecule has 1 aromatic heterocycles. The predicted molar refractivity (Wildman–Crippen MR) is 58.9 cm³/mol. The molecule has 1 aliphatic carbocycles. The standard InChI is InChI=1S/C10H17N3S/c1-7-12-10(6-14-7)9(13-11)5-4-8-2-3-8/h6,8-9,13H,2-5,11H2,1H3. The van der Waals surface area contributed by atoms with Crippen LogP contribution in [0.1, 0.15) is 42.4 Å². The van der Waals surface area contributed by atoms with Crippen molar-refractivity contribution in [3.63, 3.8) is 0 Å². The largest absolute Gasteiger partial charge is 0.271 e. The highest BCUT2D eigenvalue weighted by Gasteiger charge is 2.23. The lowest BCUT2D eigenvalue weighted by atomic mass is 10.1. The average molecular weight is 211 g/mol. The van der Waals surface area contributed by atoms with Gasteiger partial charge in [-0.3, -0.25) is 11.3 Å². The molecule has 1 unspecified atom stereocenters. The summed E-state index contributed by atoms with van der Waals surface area (Å²) in [6.07, 6.45) is 5.22. The molecule has 0 saturated heterocycles. The minimum atomic E-state index is 0.251. The van der Waals surface area contributed by atoms with Gasteiger partial charge in [0.1, 0.15) is 0 Å². The second-order valence-corrected chi connectivity index (χ2v) is 5.09. The molecule has 1 aliphatic rings. The fourth-order valence-electron chi connectivity index (χ4n) is 1.67. The third-order valence-electron chi connectivity index (χ3n) is 2.76. The van der Waals surface area contributed by atoms with Gasteiger partial charge in [-0.2, -0.15) is 0 Å². The van der Waals surface area contributed by atoms with E-state index in [0.717, 1.165) is 23.0 Å². The number of rotatable bonds is 5. The fraction of sp³-hybridized carbons (Fsp3) is 0.700. The topological polar surface area (TPSA) is 50.9 Å². The van der Waals surface area contributed by atoms with Crippen LogP contribution in [0.2, 0.25) is 0 Å². The summed E-state index contributed by atoms with van der Waals surface area (Å²) in [6.45, 7) is 2.03. The molecule has 1 heterocycles. The number of thiazole rings is 1. The Kier molecular flexibility index (Phi) is 3.15. The van der Waals surface area contributed by atoms with E-state index in [2.05, 4.69) is 15.8 Å². The second-order valence-electron chi connectivity index (χ2n) is 4.03. The normalized spacial score (nSPS) is 18.4. The van der Waals surface area contributed by atoms with Crippen LogP contribution in [0.25, 0.3) is 0 Å². The zero-order valence-electron chi connectivity index (χ0n) is 8.49. The number of nitrogens with two attached hydrogens (primary N) is 1. The second kappa shape index (κ2) is 4.38. The first-order chi connectivity index (χ1) is 6.79. The third-order valence-corrected chi connectivity index (χ3v) is 3.55. The Morgan fingerprint density at radius 2 is 2.50 bits per heavy atom. The first-order valence-electron chi connectivity index (χ1n) is 5.17. The summed E-state index contributed by atoms with van der Waals surface area (Å²) in [5.41, 5.74) is 3.97. The SMILES string of the molecule is Cc1nc(C(CCC2CC2)NN)cs1. The first kappa shape index (κ1) is 10.1. The highest BCUT2D eigenvalue weighted by molar-refractivity contribution is 7.09. The zero-order chi connectivity index (χ0) is 9.97. The van der Waals surface area contributed by atoms with E-state index in [4.69, 9.17) is 5.84 Å². The quantitative estimate of drug-likeness (QED) is 0.579. The maximum Gasteiger partial charge on any atom is 0.0898 e. The van der Waals surface area contributed by atoms with Crippen LogP contribution in [0.4, 0.5) is 0 Å². The van der Waals surface area contributed by atoms with Gasteiger partial charge in [-0.25, -0.2) is 4.98 Å². The van der Waals surface area contributed by atoms with Crippen LogP contribution in [0.5, 0.6) is 0 Å². The number of hydrazine groups is 1. The number of aromatic nitrogens is 1. The highest BCUT2D eigenvalue weighted by atomic mass is 32.1. The number of nitrogens with one attached hydrogen (secondary N) is 1. The summed E-state index contributed by atoms with van der Waals surface area (Å²) in [7, 11) is 0. The monoisotopic (exact) mass is 211 g/mol. The molecule has 0 aromatic carbocycles. The molecule has 1 aromatic rings. The molecule has 1 saturated carbocycles. The van der Waals surface area contributed by atoms with Gasteiger partial charge in [0.05, 0.1) is 16.7 Å². The van der Waals surface area contributed by atoms with Crippen LogP contribution in [-0.4, -0.2) is 4.98 Å². The Morgan fingerprint density at radius 3 is 3.00 bits per heavy atom. The van der Waals surface area contributed by atoms with E-state index in [0.29, 0.717) is 0 Å². The Bertz CT molecular complexity index is 293. The highest BCUT2D eigenvalue weighted by Crippen LogP contribution is 2.35. The summed E-state index contributed by atoms with van der Waals surface area (Å²) in [4.78, 5) is 4.46. The van der Waals surface area contributed by atoms with Gasteiger partial charge in [-0.1, -0.05) is 12.8 Å². The number of hydrogen-bond acceptors (Lipinski definition) is 4. The van der Waals surface area contributed by atoms with Crippen LogP contribution in [0.15, 0.2) is 5.38 Å². The smallest absolute Gasteiger partial charge is 0.0898 e. The molecule has 3 nitrogen and oxygen atoms in total. The van der Waals surface area contributed by atoms with E-state index in [-0.39, 0.29) is 6.04 Å². The summed E-state index contributed by atoms with van der Waals surface area (Å²) < 4.78 is 0.